The fraction of sp³-hybridized carbons (Fsp3) is 0.250. The van der Waals surface area contributed by atoms with Gasteiger partial charge in [-0.2, -0.15) is 4.98 Å². The van der Waals surface area contributed by atoms with Crippen molar-refractivity contribution in [2.75, 3.05) is 19.0 Å². The maximum absolute atomic E-state index is 12.2. The molecule has 1 heterocycles. The lowest BCUT2D eigenvalue weighted by molar-refractivity contribution is -0.116. The average Bonchev–Trinajstić information content (AvgIpc) is 3.16. The zero-order valence-electron chi connectivity index (χ0n) is 15.6. The van der Waals surface area contributed by atoms with Gasteiger partial charge in [-0.1, -0.05) is 16.8 Å². The molecule has 0 aliphatic rings. The third kappa shape index (κ3) is 5.01. The van der Waals surface area contributed by atoms with E-state index >= 15 is 0 Å². The van der Waals surface area contributed by atoms with Gasteiger partial charge in [0.1, 0.15) is 11.5 Å². The minimum absolute atomic E-state index is 0.181. The van der Waals surface area contributed by atoms with Crippen LogP contribution in [0.2, 0.25) is 5.02 Å². The van der Waals surface area contributed by atoms with Gasteiger partial charge in [0.05, 0.1) is 19.4 Å². The molecule has 0 saturated carbocycles. The van der Waals surface area contributed by atoms with E-state index in [2.05, 4.69) is 15.5 Å². The predicted octanol–water partition coefficient (Wildman–Crippen LogP) is 4.37. The highest BCUT2D eigenvalue weighted by molar-refractivity contribution is 6.31. The standard InChI is InChI=1S/C20H20ClN3O4/c1-3-27-15-7-4-13(5-8-15)20-23-19(28-24-20)11-10-18(25)22-16-12-14(21)6-9-17(16)26-2/h4-9,12H,3,10-11H2,1-2H3,(H,22,25). The number of carbonyl (C=O) groups is 1. The summed E-state index contributed by atoms with van der Waals surface area (Å²) in [6, 6.07) is 12.4. The topological polar surface area (TPSA) is 86.5 Å². The summed E-state index contributed by atoms with van der Waals surface area (Å²) in [6.45, 7) is 2.53. The molecular weight excluding hydrogens is 382 g/mol. The molecule has 0 saturated heterocycles. The number of nitrogens with zero attached hydrogens (tertiary/aromatic N) is 2. The van der Waals surface area contributed by atoms with Crippen molar-refractivity contribution in [3.63, 3.8) is 0 Å². The van der Waals surface area contributed by atoms with Gasteiger partial charge in [0.2, 0.25) is 17.6 Å². The molecule has 0 radical (unpaired) electrons. The van der Waals surface area contributed by atoms with E-state index in [1.54, 1.807) is 18.2 Å². The van der Waals surface area contributed by atoms with Gasteiger partial charge in [-0.3, -0.25) is 4.79 Å². The normalized spacial score (nSPS) is 10.5. The molecule has 8 heteroatoms. The first-order chi connectivity index (χ1) is 13.6. The molecule has 1 aromatic heterocycles. The Hall–Kier alpha value is -3.06. The number of anilines is 1. The Balaban J connectivity index is 1.58. The Morgan fingerprint density at radius 2 is 2.00 bits per heavy atom. The largest absolute Gasteiger partial charge is 0.495 e. The lowest BCUT2D eigenvalue weighted by atomic mass is 10.2. The second-order valence-corrected chi connectivity index (χ2v) is 6.30. The summed E-state index contributed by atoms with van der Waals surface area (Å²) in [4.78, 5) is 16.6. The number of hydrogen-bond acceptors (Lipinski definition) is 6. The van der Waals surface area contributed by atoms with Gasteiger partial charge in [-0.15, -0.1) is 0 Å². The highest BCUT2D eigenvalue weighted by Crippen LogP contribution is 2.28. The molecule has 0 bridgehead atoms. The van der Waals surface area contributed by atoms with Gasteiger partial charge >= 0.3 is 0 Å². The number of aromatic nitrogens is 2. The van der Waals surface area contributed by atoms with Crippen LogP contribution in [0.25, 0.3) is 11.4 Å². The predicted molar refractivity (Wildman–Crippen MR) is 106 cm³/mol. The van der Waals surface area contributed by atoms with E-state index in [1.165, 1.54) is 7.11 Å². The van der Waals surface area contributed by atoms with Gasteiger partial charge in [-0.25, -0.2) is 0 Å². The maximum Gasteiger partial charge on any atom is 0.227 e. The molecular formula is C20H20ClN3O4. The van der Waals surface area contributed by atoms with E-state index in [1.807, 2.05) is 31.2 Å². The van der Waals surface area contributed by atoms with Crippen molar-refractivity contribution in [3.05, 3.63) is 53.4 Å². The monoisotopic (exact) mass is 401 g/mol. The molecule has 3 rings (SSSR count). The summed E-state index contributed by atoms with van der Waals surface area (Å²) < 4.78 is 15.9. The molecule has 0 fully saturated rings. The second-order valence-electron chi connectivity index (χ2n) is 5.86. The molecule has 146 valence electrons. The Labute approximate surface area is 167 Å². The van der Waals surface area contributed by atoms with Crippen LogP contribution >= 0.6 is 11.6 Å². The molecule has 0 aliphatic heterocycles. The number of amides is 1. The maximum atomic E-state index is 12.2. The molecule has 0 spiro atoms. The van der Waals surface area contributed by atoms with Crippen LogP contribution in [0.15, 0.2) is 47.0 Å². The van der Waals surface area contributed by atoms with E-state index in [9.17, 15) is 4.79 Å². The number of methoxy groups -OCH3 is 1. The number of aryl methyl sites for hydroxylation is 1. The summed E-state index contributed by atoms with van der Waals surface area (Å²) in [7, 11) is 1.53. The van der Waals surface area contributed by atoms with Crippen LogP contribution in [0.4, 0.5) is 5.69 Å². The first-order valence-electron chi connectivity index (χ1n) is 8.78. The number of halogens is 1. The molecule has 0 aliphatic carbocycles. The van der Waals surface area contributed by atoms with Gasteiger partial charge < -0.3 is 19.3 Å². The van der Waals surface area contributed by atoms with E-state index < -0.39 is 0 Å². The van der Waals surface area contributed by atoms with Crippen LogP contribution in [0.3, 0.4) is 0 Å². The first-order valence-corrected chi connectivity index (χ1v) is 9.16. The number of nitrogens with one attached hydrogen (secondary N) is 1. The molecule has 1 amide bonds. The quantitative estimate of drug-likeness (QED) is 0.603. The third-order valence-electron chi connectivity index (χ3n) is 3.89. The number of carbonyl (C=O) groups excluding carboxylic acids is 1. The van der Waals surface area contributed by atoms with Crippen molar-refractivity contribution in [1.82, 2.24) is 10.1 Å². The third-order valence-corrected chi connectivity index (χ3v) is 4.13. The average molecular weight is 402 g/mol. The number of ether oxygens (including phenoxy) is 2. The minimum atomic E-state index is -0.207. The summed E-state index contributed by atoms with van der Waals surface area (Å²) >= 11 is 5.97. The number of hydrogen-bond donors (Lipinski definition) is 1. The lowest BCUT2D eigenvalue weighted by Gasteiger charge is -2.10. The first kappa shape index (κ1) is 19.7. The van der Waals surface area contributed by atoms with Crippen molar-refractivity contribution in [2.45, 2.75) is 19.8 Å². The van der Waals surface area contributed by atoms with Crippen LogP contribution in [-0.2, 0) is 11.2 Å². The van der Waals surface area contributed by atoms with E-state index in [0.717, 1.165) is 11.3 Å². The van der Waals surface area contributed by atoms with Crippen molar-refractivity contribution in [1.29, 1.82) is 0 Å². The minimum Gasteiger partial charge on any atom is -0.495 e. The van der Waals surface area contributed by atoms with E-state index in [0.29, 0.717) is 41.2 Å². The fourth-order valence-corrected chi connectivity index (χ4v) is 2.72. The van der Waals surface area contributed by atoms with Crippen LogP contribution < -0.4 is 14.8 Å². The highest BCUT2D eigenvalue weighted by Gasteiger charge is 2.13. The van der Waals surface area contributed by atoms with E-state index in [4.69, 9.17) is 25.6 Å². The summed E-state index contributed by atoms with van der Waals surface area (Å²) in [5.41, 5.74) is 1.33. The molecule has 0 atom stereocenters. The van der Waals surface area contributed by atoms with Crippen molar-refractivity contribution < 1.29 is 18.8 Å². The van der Waals surface area contributed by atoms with E-state index in [-0.39, 0.29) is 12.3 Å². The van der Waals surface area contributed by atoms with Crippen molar-refractivity contribution in [2.24, 2.45) is 0 Å². The summed E-state index contributed by atoms with van der Waals surface area (Å²) in [5, 5.41) is 7.25. The highest BCUT2D eigenvalue weighted by atomic mass is 35.5. The Morgan fingerprint density at radius 1 is 1.21 bits per heavy atom. The summed E-state index contributed by atoms with van der Waals surface area (Å²) in [5.74, 6) is 1.96. The molecule has 7 nitrogen and oxygen atoms in total. The van der Waals surface area contributed by atoms with Gasteiger partial charge in [0, 0.05) is 23.4 Å². The lowest BCUT2D eigenvalue weighted by Crippen LogP contribution is -2.13. The molecule has 1 N–H and O–H groups in total. The fourth-order valence-electron chi connectivity index (χ4n) is 2.55. The Kier molecular flexibility index (Phi) is 6.49. The Bertz CT molecular complexity index is 941. The molecule has 3 aromatic rings. The van der Waals surface area contributed by atoms with Gasteiger partial charge in [0.15, 0.2) is 0 Å². The molecule has 28 heavy (non-hydrogen) atoms. The Morgan fingerprint density at radius 3 is 2.71 bits per heavy atom. The van der Waals surface area contributed by atoms with Crippen molar-refractivity contribution >= 4 is 23.2 Å². The van der Waals surface area contributed by atoms with Gasteiger partial charge in [0.25, 0.3) is 0 Å². The molecule has 0 unspecified atom stereocenters. The van der Waals surface area contributed by atoms with Crippen LogP contribution in [0.5, 0.6) is 11.5 Å². The smallest absolute Gasteiger partial charge is 0.227 e. The zero-order chi connectivity index (χ0) is 19.9. The molecule has 2 aromatic carbocycles. The van der Waals surface area contributed by atoms with Crippen LogP contribution in [0.1, 0.15) is 19.2 Å². The van der Waals surface area contributed by atoms with Gasteiger partial charge in [-0.05, 0) is 49.4 Å². The zero-order valence-corrected chi connectivity index (χ0v) is 16.3. The van der Waals surface area contributed by atoms with Crippen LogP contribution in [-0.4, -0.2) is 29.8 Å². The SMILES string of the molecule is CCOc1ccc(-c2noc(CCC(=O)Nc3cc(Cl)ccc3OC)n2)cc1. The summed E-state index contributed by atoms with van der Waals surface area (Å²) in [6.07, 6.45) is 0.499. The second kappa shape index (κ2) is 9.23. The number of benzene rings is 2. The number of rotatable bonds is 8. The van der Waals surface area contributed by atoms with Crippen LogP contribution in [0, 0.1) is 0 Å². The van der Waals surface area contributed by atoms with Crippen molar-refractivity contribution in [3.8, 4) is 22.9 Å².